The van der Waals surface area contributed by atoms with Crippen molar-refractivity contribution in [1.29, 1.82) is 0 Å². The highest BCUT2D eigenvalue weighted by atomic mass is 32.2. The lowest BCUT2D eigenvalue weighted by Crippen LogP contribution is -2.12. The smallest absolute Gasteiger partial charge is 0.313 e. The van der Waals surface area contributed by atoms with Crippen molar-refractivity contribution in [2.24, 2.45) is 0 Å². The van der Waals surface area contributed by atoms with E-state index in [0.29, 0.717) is 0 Å². The molecule has 1 aromatic rings. The first-order valence-corrected chi connectivity index (χ1v) is 8.81. The summed E-state index contributed by atoms with van der Waals surface area (Å²) in [6.07, 6.45) is 0.903. The maximum absolute atomic E-state index is 11.5. The van der Waals surface area contributed by atoms with Gasteiger partial charge >= 0.3 is 5.97 Å². The predicted octanol–water partition coefficient (Wildman–Crippen LogP) is 1.70. The van der Waals surface area contributed by atoms with Crippen molar-refractivity contribution >= 4 is 33.4 Å². The fourth-order valence-corrected chi connectivity index (χ4v) is 2.76. The van der Waals surface area contributed by atoms with Crippen molar-refractivity contribution in [2.45, 2.75) is 23.1 Å². The number of ether oxygens (including phenoxy) is 1. The van der Waals surface area contributed by atoms with Gasteiger partial charge < -0.3 is 4.74 Å². The van der Waals surface area contributed by atoms with Crippen molar-refractivity contribution in [2.75, 3.05) is 18.6 Å². The molecule has 0 unspecified atom stereocenters. The Hall–Kier alpha value is -1.34. The third-order valence-electron chi connectivity index (χ3n) is 2.30. The van der Waals surface area contributed by atoms with Crippen molar-refractivity contribution in [1.82, 2.24) is 0 Å². The van der Waals surface area contributed by atoms with Crippen LogP contribution in [-0.2, 0) is 24.2 Å². The normalized spacial score (nSPS) is 11.1. The average molecular weight is 316 g/mol. The van der Waals surface area contributed by atoms with Gasteiger partial charge in [0, 0.05) is 11.2 Å². The lowest BCUT2D eigenvalue weighted by molar-refractivity contribution is -0.145. The van der Waals surface area contributed by atoms with Crippen LogP contribution >= 0.6 is 11.8 Å². The molecule has 0 N–H and O–H groups in total. The molecule has 0 radical (unpaired) electrons. The molecule has 0 fully saturated rings. The molecular weight excluding hydrogens is 300 g/mol. The molecule has 0 bridgehead atoms. The van der Waals surface area contributed by atoms with Crippen LogP contribution in [0, 0.1) is 0 Å². The number of carbonyl (C=O) groups is 2. The van der Waals surface area contributed by atoms with Crippen LogP contribution in [0.1, 0.15) is 13.3 Å². The van der Waals surface area contributed by atoms with Gasteiger partial charge in [0.15, 0.2) is 15.6 Å². The highest BCUT2D eigenvalue weighted by Crippen LogP contribution is 2.20. The number of Topliss-reactive ketones (excluding diaryl/α,β-unsaturated/α-hetero) is 1. The van der Waals surface area contributed by atoms with Gasteiger partial charge in [0.2, 0.25) is 0 Å². The maximum Gasteiger partial charge on any atom is 0.313 e. The van der Waals surface area contributed by atoms with Crippen molar-refractivity contribution in [3.63, 3.8) is 0 Å². The molecule has 1 aromatic carbocycles. The molecule has 7 heteroatoms. The Morgan fingerprint density at radius 1 is 1.20 bits per heavy atom. The van der Waals surface area contributed by atoms with Crippen LogP contribution in [0.4, 0.5) is 0 Å². The topological polar surface area (TPSA) is 77.5 Å². The number of hydrogen-bond donors (Lipinski definition) is 0. The molecule has 20 heavy (non-hydrogen) atoms. The van der Waals surface area contributed by atoms with E-state index in [9.17, 15) is 18.0 Å². The first-order valence-electron chi connectivity index (χ1n) is 5.93. The zero-order valence-corrected chi connectivity index (χ0v) is 12.9. The fourth-order valence-electron chi connectivity index (χ4n) is 1.37. The summed E-state index contributed by atoms with van der Waals surface area (Å²) in [6.45, 7) is 1.94. The molecule has 0 aliphatic rings. The van der Waals surface area contributed by atoms with Gasteiger partial charge in [-0.25, -0.2) is 8.42 Å². The molecule has 110 valence electrons. The summed E-state index contributed by atoms with van der Waals surface area (Å²) < 4.78 is 27.2. The Morgan fingerprint density at radius 2 is 1.80 bits per heavy atom. The number of ketones is 1. The van der Waals surface area contributed by atoms with Crippen molar-refractivity contribution < 1.29 is 22.7 Å². The lowest BCUT2D eigenvalue weighted by atomic mass is 10.3. The van der Waals surface area contributed by atoms with Crippen LogP contribution < -0.4 is 0 Å². The molecule has 0 atom stereocenters. The summed E-state index contributed by atoms with van der Waals surface area (Å²) in [5.41, 5.74) is 0. The summed E-state index contributed by atoms with van der Waals surface area (Å²) in [5, 5.41) is 0. The van der Waals surface area contributed by atoms with Crippen molar-refractivity contribution in [3.8, 4) is 0 Å². The third-order valence-corrected chi connectivity index (χ3v) is 4.50. The van der Waals surface area contributed by atoms with E-state index in [0.717, 1.165) is 11.2 Å². The first kappa shape index (κ1) is 16.7. The minimum absolute atomic E-state index is 0.150. The van der Waals surface area contributed by atoms with Gasteiger partial charge in [0.25, 0.3) is 0 Å². The fraction of sp³-hybridized carbons (Fsp3) is 0.385. The summed E-state index contributed by atoms with van der Waals surface area (Å²) in [5.74, 6) is -0.594. The Labute approximate surface area is 122 Å². The molecule has 0 aromatic heterocycles. The van der Waals surface area contributed by atoms with Gasteiger partial charge in [-0.15, -0.1) is 11.8 Å². The zero-order chi connectivity index (χ0) is 15.2. The number of hydrogen-bond acceptors (Lipinski definition) is 6. The lowest BCUT2D eigenvalue weighted by Gasteiger charge is -2.03. The monoisotopic (exact) mass is 316 g/mol. The number of thioether (sulfide) groups is 1. The standard InChI is InChI=1S/C13H16O5S2/c1-3-18-13(15)8-10(14)9-19-11-4-6-12(7-5-11)20(2,16)17/h4-7H,3,8-9H2,1-2H3. The second kappa shape index (κ2) is 7.44. The average Bonchev–Trinajstić information content (AvgIpc) is 2.36. The molecule has 1 rings (SSSR count). The minimum Gasteiger partial charge on any atom is -0.466 e. The van der Waals surface area contributed by atoms with E-state index in [2.05, 4.69) is 4.74 Å². The second-order valence-corrected chi connectivity index (χ2v) is 7.12. The second-order valence-electron chi connectivity index (χ2n) is 4.05. The van der Waals surface area contributed by atoms with Crippen LogP contribution in [0.25, 0.3) is 0 Å². The Morgan fingerprint density at radius 3 is 2.30 bits per heavy atom. The quantitative estimate of drug-likeness (QED) is 0.433. The van der Waals surface area contributed by atoms with E-state index in [1.807, 2.05) is 0 Å². The summed E-state index contributed by atoms with van der Waals surface area (Å²) in [4.78, 5) is 23.6. The molecule has 0 aliphatic carbocycles. The largest absolute Gasteiger partial charge is 0.466 e. The Kier molecular flexibility index (Phi) is 6.22. The van der Waals surface area contributed by atoms with Gasteiger partial charge in [-0.1, -0.05) is 0 Å². The van der Waals surface area contributed by atoms with Gasteiger partial charge in [-0.2, -0.15) is 0 Å². The molecule has 0 amide bonds. The van der Waals surface area contributed by atoms with E-state index in [1.54, 1.807) is 19.1 Å². The van der Waals surface area contributed by atoms with Gasteiger partial charge in [0.05, 0.1) is 17.3 Å². The van der Waals surface area contributed by atoms with Crippen LogP contribution in [0.5, 0.6) is 0 Å². The third kappa shape index (κ3) is 5.75. The van der Waals surface area contributed by atoms with Crippen LogP contribution in [-0.4, -0.2) is 38.8 Å². The molecular formula is C13H16O5S2. The summed E-state index contributed by atoms with van der Waals surface area (Å²) in [6, 6.07) is 6.26. The predicted molar refractivity (Wildman–Crippen MR) is 76.5 cm³/mol. The van der Waals surface area contributed by atoms with Crippen LogP contribution in [0.2, 0.25) is 0 Å². The number of benzene rings is 1. The highest BCUT2D eigenvalue weighted by molar-refractivity contribution is 8.00. The first-order chi connectivity index (χ1) is 9.32. The Bertz CT molecular complexity index is 575. The highest BCUT2D eigenvalue weighted by Gasteiger charge is 2.11. The van der Waals surface area contributed by atoms with Crippen molar-refractivity contribution in [3.05, 3.63) is 24.3 Å². The number of rotatable bonds is 7. The maximum atomic E-state index is 11.5. The van der Waals surface area contributed by atoms with E-state index in [-0.39, 0.29) is 29.5 Å². The van der Waals surface area contributed by atoms with Crippen LogP contribution in [0.15, 0.2) is 34.1 Å². The molecule has 0 heterocycles. The number of sulfone groups is 1. The molecule has 0 spiro atoms. The van der Waals surface area contributed by atoms with E-state index in [1.165, 1.54) is 23.9 Å². The molecule has 5 nitrogen and oxygen atoms in total. The number of carbonyl (C=O) groups excluding carboxylic acids is 2. The SMILES string of the molecule is CCOC(=O)CC(=O)CSc1ccc(S(C)(=O)=O)cc1. The summed E-state index contributed by atoms with van der Waals surface area (Å²) >= 11 is 1.26. The van der Waals surface area contributed by atoms with E-state index >= 15 is 0 Å². The Balaban J connectivity index is 2.50. The molecule has 0 saturated heterocycles. The zero-order valence-electron chi connectivity index (χ0n) is 11.3. The van der Waals surface area contributed by atoms with E-state index < -0.39 is 15.8 Å². The summed E-state index contributed by atoms with van der Waals surface area (Å²) in [7, 11) is -3.21. The van der Waals surface area contributed by atoms with Gasteiger partial charge in [0.1, 0.15) is 6.42 Å². The van der Waals surface area contributed by atoms with E-state index in [4.69, 9.17) is 0 Å². The van der Waals surface area contributed by atoms with Gasteiger partial charge in [-0.3, -0.25) is 9.59 Å². The number of esters is 1. The molecule has 0 aliphatic heterocycles. The minimum atomic E-state index is -3.21. The molecule has 0 saturated carbocycles. The van der Waals surface area contributed by atoms with Gasteiger partial charge in [-0.05, 0) is 31.2 Å². The van der Waals surface area contributed by atoms with Crippen LogP contribution in [0.3, 0.4) is 0 Å².